The van der Waals surface area contributed by atoms with E-state index in [-0.39, 0.29) is 0 Å². The van der Waals surface area contributed by atoms with E-state index in [2.05, 4.69) is 15.0 Å². The second-order valence-corrected chi connectivity index (χ2v) is 2.61. The summed E-state index contributed by atoms with van der Waals surface area (Å²) in [5, 5.41) is 0. The maximum atomic E-state index is 10.1. The van der Waals surface area contributed by atoms with Gasteiger partial charge in [0.05, 0.1) is 5.69 Å². The molecule has 6 nitrogen and oxygen atoms in total. The third-order valence-electron chi connectivity index (χ3n) is 1.72. The van der Waals surface area contributed by atoms with Crippen LogP contribution in [0.5, 0.6) is 0 Å². The number of aliphatic imine (C=N–C) groups is 3. The van der Waals surface area contributed by atoms with Crippen LogP contribution in [0.4, 0.5) is 5.69 Å². The van der Waals surface area contributed by atoms with E-state index in [0.717, 1.165) is 0 Å². The molecule has 0 heterocycles. The molecule has 0 amide bonds. The van der Waals surface area contributed by atoms with Crippen LogP contribution in [-0.2, 0) is 14.4 Å². The summed E-state index contributed by atoms with van der Waals surface area (Å²) in [5.74, 6) is 0. The van der Waals surface area contributed by atoms with Gasteiger partial charge in [0.2, 0.25) is 18.2 Å². The molecule has 0 aromatic heterocycles. The second-order valence-electron chi connectivity index (χ2n) is 2.61. The number of benzene rings is 1. The van der Waals surface area contributed by atoms with E-state index in [9.17, 15) is 14.4 Å². The minimum atomic E-state index is -0.954. The Morgan fingerprint density at radius 2 is 1.44 bits per heavy atom. The zero-order chi connectivity index (χ0) is 11.8. The van der Waals surface area contributed by atoms with E-state index >= 15 is 0 Å². The van der Waals surface area contributed by atoms with Gasteiger partial charge in [0.15, 0.2) is 6.17 Å². The molecule has 78 valence electrons. The maximum Gasteiger partial charge on any atom is 0.240 e. The SMILES string of the molecule is O=C=Nc1ccc(C(N=C=O)N=C=O)cc1. The van der Waals surface area contributed by atoms with Crippen LogP contribution in [0.15, 0.2) is 39.2 Å². The lowest BCUT2D eigenvalue weighted by molar-refractivity contribution is 0.552. The van der Waals surface area contributed by atoms with Gasteiger partial charge < -0.3 is 0 Å². The molecule has 0 N–H and O–H groups in total. The number of isocyanates is 3. The van der Waals surface area contributed by atoms with Crippen LogP contribution in [0, 0.1) is 0 Å². The van der Waals surface area contributed by atoms with Gasteiger partial charge in [0.1, 0.15) is 0 Å². The third-order valence-corrected chi connectivity index (χ3v) is 1.72. The van der Waals surface area contributed by atoms with Crippen LogP contribution < -0.4 is 0 Å². The first kappa shape index (κ1) is 11.4. The zero-order valence-corrected chi connectivity index (χ0v) is 7.95. The number of rotatable bonds is 4. The molecule has 0 aliphatic heterocycles. The lowest BCUT2D eigenvalue weighted by atomic mass is 10.1. The molecule has 6 heteroatoms. The van der Waals surface area contributed by atoms with Gasteiger partial charge in [-0.3, -0.25) is 0 Å². The van der Waals surface area contributed by atoms with Crippen LogP contribution in [0.3, 0.4) is 0 Å². The van der Waals surface area contributed by atoms with Crippen molar-refractivity contribution in [1.82, 2.24) is 0 Å². The van der Waals surface area contributed by atoms with Crippen LogP contribution in [-0.4, -0.2) is 18.2 Å². The van der Waals surface area contributed by atoms with Crippen molar-refractivity contribution >= 4 is 23.9 Å². The van der Waals surface area contributed by atoms with Gasteiger partial charge >= 0.3 is 0 Å². The van der Waals surface area contributed by atoms with E-state index in [1.54, 1.807) is 0 Å². The molecular formula is C10H5N3O3. The molecule has 16 heavy (non-hydrogen) atoms. The van der Waals surface area contributed by atoms with Gasteiger partial charge in [-0.15, -0.1) is 0 Å². The Morgan fingerprint density at radius 1 is 0.875 bits per heavy atom. The topological polar surface area (TPSA) is 88.3 Å². The van der Waals surface area contributed by atoms with Crippen molar-refractivity contribution in [3.05, 3.63) is 29.8 Å². The summed E-state index contributed by atoms with van der Waals surface area (Å²) >= 11 is 0. The molecule has 0 aliphatic carbocycles. The maximum absolute atomic E-state index is 10.1. The molecule has 1 rings (SSSR count). The second kappa shape index (κ2) is 5.96. The average Bonchev–Trinajstić information content (AvgIpc) is 2.30. The lowest BCUT2D eigenvalue weighted by Gasteiger charge is -2.02. The summed E-state index contributed by atoms with van der Waals surface area (Å²) in [7, 11) is 0. The fraction of sp³-hybridized carbons (Fsp3) is 0.100. The minimum absolute atomic E-state index is 0.405. The van der Waals surface area contributed by atoms with Crippen molar-refractivity contribution in [2.24, 2.45) is 15.0 Å². The van der Waals surface area contributed by atoms with Crippen molar-refractivity contribution in [3.8, 4) is 0 Å². The Morgan fingerprint density at radius 3 is 1.88 bits per heavy atom. The number of carbonyl (C=O) groups excluding carboxylic acids is 3. The van der Waals surface area contributed by atoms with Gasteiger partial charge in [-0.2, -0.15) is 15.0 Å². The van der Waals surface area contributed by atoms with E-state index in [4.69, 9.17) is 0 Å². The Labute approximate surface area is 90.1 Å². The Kier molecular flexibility index (Phi) is 4.26. The minimum Gasteiger partial charge on any atom is -0.211 e. The summed E-state index contributed by atoms with van der Waals surface area (Å²) in [4.78, 5) is 40.1. The fourth-order valence-corrected chi connectivity index (χ4v) is 1.05. The molecule has 0 unspecified atom stereocenters. The highest BCUT2D eigenvalue weighted by Crippen LogP contribution is 2.21. The third kappa shape index (κ3) is 2.94. The van der Waals surface area contributed by atoms with Crippen molar-refractivity contribution < 1.29 is 14.4 Å². The lowest BCUT2D eigenvalue weighted by Crippen LogP contribution is -1.90. The summed E-state index contributed by atoms with van der Waals surface area (Å²) < 4.78 is 0. The van der Waals surface area contributed by atoms with Gasteiger partial charge in [0.25, 0.3) is 0 Å². The molecule has 0 saturated heterocycles. The molecule has 1 aromatic rings. The number of nitrogens with zero attached hydrogens (tertiary/aromatic N) is 3. The normalized spacial score (nSPS) is 10.2. The van der Waals surface area contributed by atoms with Crippen LogP contribution in [0.1, 0.15) is 11.7 Å². The van der Waals surface area contributed by atoms with Crippen LogP contribution in [0.25, 0.3) is 0 Å². The van der Waals surface area contributed by atoms with Crippen molar-refractivity contribution in [1.29, 1.82) is 0 Å². The van der Waals surface area contributed by atoms with E-state index in [0.29, 0.717) is 11.3 Å². The quantitative estimate of drug-likeness (QED) is 0.560. The molecule has 1 aromatic carbocycles. The standard InChI is InChI=1S/C10H5N3O3/c14-5-11-9-3-1-8(2-4-9)10(12-6-15)13-7-16/h1-4,10H. The van der Waals surface area contributed by atoms with E-state index < -0.39 is 6.17 Å². The van der Waals surface area contributed by atoms with Crippen molar-refractivity contribution in [3.63, 3.8) is 0 Å². The van der Waals surface area contributed by atoms with Gasteiger partial charge in [-0.25, -0.2) is 14.4 Å². The van der Waals surface area contributed by atoms with Crippen molar-refractivity contribution in [2.45, 2.75) is 6.17 Å². The number of hydrogen-bond acceptors (Lipinski definition) is 6. The highest BCUT2D eigenvalue weighted by molar-refractivity contribution is 5.50. The molecule has 0 aliphatic rings. The first-order valence-electron chi connectivity index (χ1n) is 4.13. The van der Waals surface area contributed by atoms with Crippen molar-refractivity contribution in [2.75, 3.05) is 0 Å². The molecule has 0 fully saturated rings. The molecule has 0 radical (unpaired) electrons. The highest BCUT2D eigenvalue weighted by Gasteiger charge is 2.07. The van der Waals surface area contributed by atoms with Gasteiger partial charge in [0, 0.05) is 5.56 Å². The zero-order valence-electron chi connectivity index (χ0n) is 7.95. The molecule has 0 spiro atoms. The Bertz CT molecular complexity index is 487. The van der Waals surface area contributed by atoms with Gasteiger partial charge in [-0.05, 0) is 12.1 Å². The fourth-order valence-electron chi connectivity index (χ4n) is 1.05. The molecular weight excluding hydrogens is 210 g/mol. The highest BCUT2D eigenvalue weighted by atomic mass is 16.1. The predicted molar refractivity (Wildman–Crippen MR) is 53.2 cm³/mol. The van der Waals surface area contributed by atoms with Gasteiger partial charge in [-0.1, -0.05) is 12.1 Å². The molecule has 0 saturated carbocycles. The first-order valence-corrected chi connectivity index (χ1v) is 4.13. The summed E-state index contributed by atoms with van der Waals surface area (Å²) in [6.07, 6.45) is 3.05. The Balaban J connectivity index is 3.06. The predicted octanol–water partition coefficient (Wildman–Crippen LogP) is 1.32. The van der Waals surface area contributed by atoms with E-state index in [1.165, 1.54) is 42.5 Å². The molecule has 0 bridgehead atoms. The van der Waals surface area contributed by atoms with Crippen LogP contribution in [0.2, 0.25) is 0 Å². The average molecular weight is 215 g/mol. The Hall–Kier alpha value is -2.64. The summed E-state index contributed by atoms with van der Waals surface area (Å²) in [5.41, 5.74) is 0.902. The largest absolute Gasteiger partial charge is 0.240 e. The van der Waals surface area contributed by atoms with Crippen LogP contribution >= 0.6 is 0 Å². The smallest absolute Gasteiger partial charge is 0.211 e. The molecule has 0 atom stereocenters. The summed E-state index contributed by atoms with van der Waals surface area (Å²) in [6.45, 7) is 0. The summed E-state index contributed by atoms with van der Waals surface area (Å²) in [6, 6.07) is 6.08. The monoisotopic (exact) mass is 215 g/mol. The number of hydrogen-bond donors (Lipinski definition) is 0. The van der Waals surface area contributed by atoms with E-state index in [1.807, 2.05) is 0 Å². The first-order chi connectivity index (χ1) is 7.81.